The zero-order valence-electron chi connectivity index (χ0n) is 17.3. The van der Waals surface area contributed by atoms with E-state index in [4.69, 9.17) is 31.5 Å². The summed E-state index contributed by atoms with van der Waals surface area (Å²) >= 11 is 6.23. The Balaban J connectivity index is 0.00000320. The molecule has 1 aliphatic rings. The molecule has 3 rings (SSSR count). The topological polar surface area (TPSA) is 78.1 Å². The predicted octanol–water partition coefficient (Wildman–Crippen LogP) is 4.13. The third kappa shape index (κ3) is 6.15. The highest BCUT2D eigenvalue weighted by Crippen LogP contribution is 2.35. The van der Waals surface area contributed by atoms with Crippen LogP contribution in [0.2, 0.25) is 5.02 Å². The van der Waals surface area contributed by atoms with Crippen LogP contribution in [0.4, 0.5) is 0 Å². The van der Waals surface area contributed by atoms with Gasteiger partial charge in [-0.3, -0.25) is 0 Å². The van der Waals surface area contributed by atoms with Crippen LogP contribution in [0, 0.1) is 0 Å². The van der Waals surface area contributed by atoms with Crippen molar-refractivity contribution in [3.8, 4) is 11.5 Å². The van der Waals surface area contributed by atoms with Gasteiger partial charge in [0.15, 0.2) is 17.5 Å². The number of ether oxygens (including phenoxy) is 3. The molecule has 0 saturated carbocycles. The lowest BCUT2D eigenvalue weighted by atomic mass is 9.74. The summed E-state index contributed by atoms with van der Waals surface area (Å²) in [4.78, 5) is 4.48. The van der Waals surface area contributed by atoms with Crippen LogP contribution >= 0.6 is 35.6 Å². The molecule has 0 unspecified atom stereocenters. The fourth-order valence-corrected chi connectivity index (χ4v) is 3.81. The van der Waals surface area contributed by atoms with Crippen LogP contribution in [0.1, 0.15) is 24.0 Å². The molecule has 2 aromatic carbocycles. The van der Waals surface area contributed by atoms with Crippen LogP contribution in [0.5, 0.6) is 11.5 Å². The number of nitrogens with zero attached hydrogens (tertiary/aromatic N) is 1. The van der Waals surface area contributed by atoms with Crippen molar-refractivity contribution in [2.45, 2.75) is 24.8 Å². The zero-order chi connectivity index (χ0) is 20.7. The van der Waals surface area contributed by atoms with Crippen LogP contribution < -0.4 is 20.5 Å². The van der Waals surface area contributed by atoms with Crippen LogP contribution in [0.25, 0.3) is 0 Å². The number of hydrogen-bond acceptors (Lipinski definition) is 4. The van der Waals surface area contributed by atoms with Crippen LogP contribution in [0.15, 0.2) is 47.5 Å². The number of rotatable bonds is 7. The molecule has 0 spiro atoms. The van der Waals surface area contributed by atoms with Gasteiger partial charge in [0.05, 0.1) is 20.8 Å². The number of nitrogens with one attached hydrogen (secondary N) is 1. The minimum atomic E-state index is -0.0768. The molecule has 0 amide bonds. The number of halogens is 2. The quantitative estimate of drug-likeness (QED) is 0.311. The maximum atomic E-state index is 6.23. The van der Waals surface area contributed by atoms with Gasteiger partial charge >= 0.3 is 0 Å². The molecule has 6 nitrogen and oxygen atoms in total. The van der Waals surface area contributed by atoms with E-state index in [2.05, 4.69) is 16.4 Å². The van der Waals surface area contributed by atoms with Crippen LogP contribution in [-0.4, -0.2) is 39.9 Å². The molecule has 1 aliphatic heterocycles. The molecule has 0 radical (unpaired) electrons. The molecule has 2 aromatic rings. The maximum absolute atomic E-state index is 6.23. The van der Waals surface area contributed by atoms with E-state index in [0.29, 0.717) is 30.5 Å². The van der Waals surface area contributed by atoms with Gasteiger partial charge in [-0.2, -0.15) is 0 Å². The Labute approximate surface area is 200 Å². The van der Waals surface area contributed by atoms with E-state index in [1.807, 2.05) is 36.4 Å². The molecule has 3 N–H and O–H groups in total. The Bertz CT molecular complexity index is 857. The Morgan fingerprint density at radius 2 is 1.87 bits per heavy atom. The monoisotopic (exact) mass is 545 g/mol. The largest absolute Gasteiger partial charge is 0.493 e. The normalized spacial score (nSPS) is 15.8. The van der Waals surface area contributed by atoms with Crippen molar-refractivity contribution in [2.75, 3.05) is 34.0 Å². The fraction of sp³-hybridized carbons (Fsp3) is 0.409. The Kier molecular flexibility index (Phi) is 9.51. The summed E-state index contributed by atoms with van der Waals surface area (Å²) in [5, 5.41) is 4.05. The molecule has 1 saturated heterocycles. The summed E-state index contributed by atoms with van der Waals surface area (Å²) in [6, 6.07) is 13.8. The molecular weight excluding hydrogens is 517 g/mol. The van der Waals surface area contributed by atoms with E-state index in [0.717, 1.165) is 36.6 Å². The SMILES string of the molecule is COc1ccc(CN=C(N)NCC2(c3cccc(Cl)c3)CCOCC2)cc1OC.I. The average Bonchev–Trinajstić information content (AvgIpc) is 2.76. The van der Waals surface area contributed by atoms with E-state index in [-0.39, 0.29) is 29.4 Å². The van der Waals surface area contributed by atoms with E-state index in [1.54, 1.807) is 14.2 Å². The molecule has 8 heteroatoms. The predicted molar refractivity (Wildman–Crippen MR) is 131 cm³/mol. The van der Waals surface area contributed by atoms with Crippen molar-refractivity contribution in [1.82, 2.24) is 5.32 Å². The second-order valence-electron chi connectivity index (χ2n) is 7.15. The van der Waals surface area contributed by atoms with Gasteiger partial charge in [-0.1, -0.05) is 29.8 Å². The first-order chi connectivity index (χ1) is 14.1. The van der Waals surface area contributed by atoms with Crippen molar-refractivity contribution in [1.29, 1.82) is 0 Å². The molecule has 30 heavy (non-hydrogen) atoms. The summed E-state index contributed by atoms with van der Waals surface area (Å²) in [6.07, 6.45) is 1.81. The highest BCUT2D eigenvalue weighted by atomic mass is 127. The molecular formula is C22H29ClIN3O3. The third-order valence-electron chi connectivity index (χ3n) is 5.37. The number of benzene rings is 2. The Hall–Kier alpha value is -1.71. The minimum Gasteiger partial charge on any atom is -0.493 e. The van der Waals surface area contributed by atoms with Gasteiger partial charge in [-0.25, -0.2) is 4.99 Å². The molecule has 0 aliphatic carbocycles. The van der Waals surface area contributed by atoms with Crippen molar-refractivity contribution >= 4 is 41.5 Å². The molecule has 164 valence electrons. The second kappa shape index (κ2) is 11.6. The minimum absolute atomic E-state index is 0. The summed E-state index contributed by atoms with van der Waals surface area (Å²) in [5.41, 5.74) is 8.27. The van der Waals surface area contributed by atoms with Gasteiger partial charge < -0.3 is 25.3 Å². The van der Waals surface area contributed by atoms with Crippen molar-refractivity contribution in [3.63, 3.8) is 0 Å². The van der Waals surface area contributed by atoms with Gasteiger partial charge in [0.25, 0.3) is 0 Å². The highest BCUT2D eigenvalue weighted by Gasteiger charge is 2.34. The molecule has 1 heterocycles. The highest BCUT2D eigenvalue weighted by molar-refractivity contribution is 14.0. The Morgan fingerprint density at radius 3 is 2.53 bits per heavy atom. The van der Waals surface area contributed by atoms with Crippen molar-refractivity contribution < 1.29 is 14.2 Å². The molecule has 0 bridgehead atoms. The smallest absolute Gasteiger partial charge is 0.188 e. The second-order valence-corrected chi connectivity index (χ2v) is 7.58. The maximum Gasteiger partial charge on any atom is 0.188 e. The van der Waals surface area contributed by atoms with Crippen LogP contribution in [-0.2, 0) is 16.7 Å². The first kappa shape index (κ1) is 24.6. The van der Waals surface area contributed by atoms with Crippen molar-refractivity contribution in [3.05, 3.63) is 58.6 Å². The van der Waals surface area contributed by atoms with Gasteiger partial charge in [-0.15, -0.1) is 24.0 Å². The van der Waals surface area contributed by atoms with Gasteiger partial charge in [-0.05, 0) is 48.2 Å². The van der Waals surface area contributed by atoms with E-state index in [9.17, 15) is 0 Å². The lowest BCUT2D eigenvalue weighted by molar-refractivity contribution is 0.0514. The van der Waals surface area contributed by atoms with Gasteiger partial charge in [0.1, 0.15) is 0 Å². The zero-order valence-corrected chi connectivity index (χ0v) is 20.4. The first-order valence-corrected chi connectivity index (χ1v) is 10.0. The summed E-state index contributed by atoms with van der Waals surface area (Å²) < 4.78 is 16.2. The third-order valence-corrected chi connectivity index (χ3v) is 5.61. The molecule has 1 fully saturated rings. The standard InChI is InChI=1S/C22H28ClN3O3.HI/c1-27-19-7-6-16(12-20(19)28-2)14-25-21(24)26-15-22(8-10-29-11-9-22)17-4-3-5-18(23)13-17;/h3-7,12-13H,8-11,14-15H2,1-2H3,(H3,24,25,26);1H. The number of nitrogens with two attached hydrogens (primary N) is 1. The van der Waals surface area contributed by atoms with E-state index >= 15 is 0 Å². The number of aliphatic imine (C=N–C) groups is 1. The fourth-order valence-electron chi connectivity index (χ4n) is 3.62. The van der Waals surface area contributed by atoms with E-state index < -0.39 is 0 Å². The average molecular weight is 546 g/mol. The van der Waals surface area contributed by atoms with Crippen molar-refractivity contribution in [2.24, 2.45) is 10.7 Å². The molecule has 0 aromatic heterocycles. The van der Waals surface area contributed by atoms with Gasteiger partial charge in [0, 0.05) is 30.2 Å². The summed E-state index contributed by atoms with van der Waals surface area (Å²) in [7, 11) is 3.23. The molecule has 0 atom stereocenters. The Morgan fingerprint density at radius 1 is 1.13 bits per heavy atom. The number of hydrogen-bond donors (Lipinski definition) is 2. The lowest BCUT2D eigenvalue weighted by Gasteiger charge is -2.38. The first-order valence-electron chi connectivity index (χ1n) is 9.65. The van der Waals surface area contributed by atoms with Crippen LogP contribution in [0.3, 0.4) is 0 Å². The van der Waals surface area contributed by atoms with Gasteiger partial charge in [0.2, 0.25) is 0 Å². The summed E-state index contributed by atoms with van der Waals surface area (Å²) in [6.45, 7) is 2.57. The number of methoxy groups -OCH3 is 2. The lowest BCUT2D eigenvalue weighted by Crippen LogP contribution is -2.46. The summed E-state index contributed by atoms with van der Waals surface area (Å²) in [5.74, 6) is 1.77. The number of guanidine groups is 1. The van der Waals surface area contributed by atoms with E-state index in [1.165, 1.54) is 5.56 Å².